The van der Waals surface area contributed by atoms with Crippen molar-refractivity contribution in [3.8, 4) is 0 Å². The van der Waals surface area contributed by atoms with Crippen molar-refractivity contribution < 1.29 is 4.74 Å². The normalized spacial score (nSPS) is 37.1. The third-order valence-corrected chi connectivity index (χ3v) is 4.93. The fourth-order valence-electron chi connectivity index (χ4n) is 4.10. The Bertz CT molecular complexity index is 444. The molecule has 3 aliphatic rings. The molecule has 0 saturated carbocycles. The molecular weight excluding hydrogens is 242 g/mol. The van der Waals surface area contributed by atoms with Crippen molar-refractivity contribution >= 4 is 0 Å². The quantitative estimate of drug-likeness (QED) is 0.800. The molecule has 0 radical (unpaired) electrons. The number of tetrazole rings is 1. The van der Waals surface area contributed by atoms with Gasteiger partial charge in [0, 0.05) is 31.5 Å². The maximum absolute atomic E-state index is 6.01. The minimum absolute atomic E-state index is 0.534. The van der Waals surface area contributed by atoms with E-state index in [1.54, 1.807) is 0 Å². The molecule has 6 heteroatoms. The lowest BCUT2D eigenvalue weighted by molar-refractivity contribution is 0.0692. The summed E-state index contributed by atoms with van der Waals surface area (Å²) < 4.78 is 7.96. The number of likely N-dealkylation sites (tertiary alicyclic amines) is 1. The number of aryl methyl sites for hydroxylation is 1. The highest BCUT2D eigenvalue weighted by atomic mass is 16.5. The summed E-state index contributed by atoms with van der Waals surface area (Å²) in [5, 5.41) is 12.1. The second kappa shape index (κ2) is 4.52. The van der Waals surface area contributed by atoms with E-state index in [4.69, 9.17) is 4.74 Å². The predicted octanol–water partition coefficient (Wildman–Crippen LogP) is 0.692. The van der Waals surface area contributed by atoms with E-state index in [1.807, 2.05) is 4.68 Å². The van der Waals surface area contributed by atoms with Crippen LogP contribution >= 0.6 is 0 Å². The van der Waals surface area contributed by atoms with Gasteiger partial charge in [0.05, 0.1) is 18.8 Å². The van der Waals surface area contributed by atoms with Crippen LogP contribution in [0.25, 0.3) is 0 Å². The number of rotatable bonds is 4. The number of ether oxygens (including phenoxy) is 1. The highest BCUT2D eigenvalue weighted by molar-refractivity contribution is 5.03. The maximum Gasteiger partial charge on any atom is 0.165 e. The van der Waals surface area contributed by atoms with E-state index in [-0.39, 0.29) is 0 Å². The summed E-state index contributed by atoms with van der Waals surface area (Å²) in [4.78, 5) is 2.51. The molecule has 19 heavy (non-hydrogen) atoms. The molecule has 0 aliphatic carbocycles. The van der Waals surface area contributed by atoms with E-state index in [0.29, 0.717) is 12.2 Å². The molecule has 0 amide bonds. The third kappa shape index (κ3) is 1.89. The van der Waals surface area contributed by atoms with Gasteiger partial charge in [0.15, 0.2) is 5.82 Å². The lowest BCUT2D eigenvalue weighted by atomic mass is 9.82. The van der Waals surface area contributed by atoms with Crippen LogP contribution in [-0.4, -0.2) is 50.4 Å². The van der Waals surface area contributed by atoms with Crippen LogP contribution in [0.4, 0.5) is 0 Å². The van der Waals surface area contributed by atoms with E-state index < -0.39 is 0 Å². The number of hydrogen-bond donors (Lipinski definition) is 0. The first kappa shape index (κ1) is 11.8. The van der Waals surface area contributed by atoms with Crippen molar-refractivity contribution in [2.75, 3.05) is 13.1 Å². The summed E-state index contributed by atoms with van der Waals surface area (Å²) in [5.74, 6) is 2.53. The Morgan fingerprint density at radius 1 is 1.21 bits per heavy atom. The van der Waals surface area contributed by atoms with Gasteiger partial charge in [0.2, 0.25) is 0 Å². The number of nitrogens with zero attached hydrogens (tertiary/aromatic N) is 5. The van der Waals surface area contributed by atoms with Gasteiger partial charge in [-0.3, -0.25) is 4.90 Å². The molecule has 2 bridgehead atoms. The van der Waals surface area contributed by atoms with Gasteiger partial charge in [0.25, 0.3) is 0 Å². The summed E-state index contributed by atoms with van der Waals surface area (Å²) in [6.07, 6.45) is 4.68. The Labute approximate surface area is 113 Å². The first-order chi connectivity index (χ1) is 9.35. The van der Waals surface area contributed by atoms with Gasteiger partial charge in [-0.2, -0.15) is 0 Å². The SMILES string of the molecule is CCCn1nnnc1CN1CC2C3CCC(O3)C2C1. The smallest absolute Gasteiger partial charge is 0.165 e. The molecule has 4 heterocycles. The van der Waals surface area contributed by atoms with Crippen LogP contribution in [-0.2, 0) is 17.8 Å². The predicted molar refractivity (Wildman–Crippen MR) is 68.3 cm³/mol. The second-order valence-corrected chi connectivity index (χ2v) is 6.13. The lowest BCUT2D eigenvalue weighted by Gasteiger charge is -2.18. The lowest BCUT2D eigenvalue weighted by Crippen LogP contribution is -2.26. The van der Waals surface area contributed by atoms with Gasteiger partial charge in [-0.05, 0) is 29.7 Å². The third-order valence-electron chi connectivity index (χ3n) is 4.93. The van der Waals surface area contributed by atoms with Crippen LogP contribution in [0.2, 0.25) is 0 Å². The van der Waals surface area contributed by atoms with Gasteiger partial charge in [0.1, 0.15) is 0 Å². The molecule has 4 atom stereocenters. The largest absolute Gasteiger partial charge is 0.374 e. The number of fused-ring (bicyclic) bond motifs is 5. The van der Waals surface area contributed by atoms with Gasteiger partial charge in [-0.25, -0.2) is 4.68 Å². The maximum atomic E-state index is 6.01. The Balaban J connectivity index is 1.43. The molecule has 1 aromatic heterocycles. The van der Waals surface area contributed by atoms with Crippen molar-refractivity contribution in [2.24, 2.45) is 11.8 Å². The molecule has 4 unspecified atom stereocenters. The molecule has 4 rings (SSSR count). The van der Waals surface area contributed by atoms with E-state index in [1.165, 1.54) is 12.8 Å². The molecule has 3 saturated heterocycles. The zero-order chi connectivity index (χ0) is 12.8. The summed E-state index contributed by atoms with van der Waals surface area (Å²) in [6.45, 7) is 6.27. The molecule has 6 nitrogen and oxygen atoms in total. The Morgan fingerprint density at radius 2 is 1.95 bits per heavy atom. The second-order valence-electron chi connectivity index (χ2n) is 6.13. The minimum atomic E-state index is 0.534. The molecule has 3 fully saturated rings. The van der Waals surface area contributed by atoms with E-state index >= 15 is 0 Å². The Kier molecular flexibility index (Phi) is 2.81. The van der Waals surface area contributed by atoms with Crippen molar-refractivity contribution in [2.45, 2.75) is 51.5 Å². The summed E-state index contributed by atoms with van der Waals surface area (Å²) in [5.41, 5.74) is 0. The van der Waals surface area contributed by atoms with E-state index in [2.05, 4.69) is 27.3 Å². The fourth-order valence-corrected chi connectivity index (χ4v) is 4.10. The van der Waals surface area contributed by atoms with Crippen LogP contribution in [0.3, 0.4) is 0 Å². The van der Waals surface area contributed by atoms with E-state index in [9.17, 15) is 0 Å². The summed E-state index contributed by atoms with van der Waals surface area (Å²) in [6, 6.07) is 0. The average molecular weight is 263 g/mol. The van der Waals surface area contributed by atoms with Crippen LogP contribution in [0.5, 0.6) is 0 Å². The monoisotopic (exact) mass is 263 g/mol. The first-order valence-corrected chi connectivity index (χ1v) is 7.48. The van der Waals surface area contributed by atoms with Crippen molar-refractivity contribution in [3.63, 3.8) is 0 Å². The van der Waals surface area contributed by atoms with Crippen LogP contribution in [0, 0.1) is 11.8 Å². The highest BCUT2D eigenvalue weighted by Gasteiger charge is 2.52. The molecule has 0 aromatic carbocycles. The van der Waals surface area contributed by atoms with Crippen LogP contribution in [0.15, 0.2) is 0 Å². The van der Waals surface area contributed by atoms with Gasteiger partial charge < -0.3 is 4.74 Å². The Hall–Kier alpha value is -1.01. The molecule has 0 spiro atoms. The molecule has 104 valence electrons. The van der Waals surface area contributed by atoms with E-state index in [0.717, 1.165) is 50.3 Å². The van der Waals surface area contributed by atoms with Crippen LogP contribution < -0.4 is 0 Å². The van der Waals surface area contributed by atoms with Gasteiger partial charge >= 0.3 is 0 Å². The van der Waals surface area contributed by atoms with Crippen molar-refractivity contribution in [3.05, 3.63) is 5.82 Å². The summed E-state index contributed by atoms with van der Waals surface area (Å²) in [7, 11) is 0. The molecular formula is C13H21N5O. The first-order valence-electron chi connectivity index (χ1n) is 7.48. The van der Waals surface area contributed by atoms with Crippen molar-refractivity contribution in [1.29, 1.82) is 0 Å². The van der Waals surface area contributed by atoms with Crippen molar-refractivity contribution in [1.82, 2.24) is 25.1 Å². The Morgan fingerprint density at radius 3 is 2.63 bits per heavy atom. The number of hydrogen-bond acceptors (Lipinski definition) is 5. The zero-order valence-corrected chi connectivity index (χ0v) is 11.4. The topological polar surface area (TPSA) is 56.1 Å². The number of aromatic nitrogens is 4. The van der Waals surface area contributed by atoms with Crippen LogP contribution in [0.1, 0.15) is 32.0 Å². The van der Waals surface area contributed by atoms with Gasteiger partial charge in [-0.15, -0.1) is 5.10 Å². The standard InChI is InChI=1S/C13H21N5O/c1-2-5-18-13(14-15-16-18)8-17-6-9-10(7-17)12-4-3-11(9)19-12/h9-12H,2-8H2,1H3. The summed E-state index contributed by atoms with van der Waals surface area (Å²) >= 11 is 0. The van der Waals surface area contributed by atoms with Gasteiger partial charge in [-0.1, -0.05) is 6.92 Å². The fraction of sp³-hybridized carbons (Fsp3) is 0.923. The zero-order valence-electron chi connectivity index (χ0n) is 11.4. The molecule has 3 aliphatic heterocycles. The highest BCUT2D eigenvalue weighted by Crippen LogP contribution is 2.47. The average Bonchev–Trinajstić information content (AvgIpc) is 3.12. The molecule has 1 aromatic rings. The minimum Gasteiger partial charge on any atom is -0.374 e. The molecule has 0 N–H and O–H groups in total.